The van der Waals surface area contributed by atoms with Crippen molar-refractivity contribution < 1.29 is 9.13 Å². The number of hydrogen-bond donors (Lipinski definition) is 1. The van der Waals surface area contributed by atoms with Crippen molar-refractivity contribution in [1.29, 1.82) is 0 Å². The van der Waals surface area contributed by atoms with E-state index in [0.717, 1.165) is 25.1 Å². The molecule has 0 aromatic heterocycles. The lowest BCUT2D eigenvalue weighted by Gasteiger charge is -2.15. The van der Waals surface area contributed by atoms with Crippen LogP contribution in [0.1, 0.15) is 23.5 Å². The average Bonchev–Trinajstić information content (AvgIpc) is 2.75. The molecule has 82 valence electrons. The second-order valence-corrected chi connectivity index (χ2v) is 4.01. The molecule has 3 heteroatoms. The van der Waals surface area contributed by atoms with Crippen LogP contribution in [0.25, 0.3) is 0 Å². The van der Waals surface area contributed by atoms with E-state index in [4.69, 9.17) is 4.74 Å². The third kappa shape index (κ3) is 1.84. The molecule has 1 heterocycles. The lowest BCUT2D eigenvalue weighted by molar-refractivity contribution is 0.377. The monoisotopic (exact) mass is 209 g/mol. The summed E-state index contributed by atoms with van der Waals surface area (Å²) in [5, 5.41) is 3.28. The fraction of sp³-hybridized carbons (Fsp3) is 0.500. The van der Waals surface area contributed by atoms with Crippen molar-refractivity contribution in [3.63, 3.8) is 0 Å². The summed E-state index contributed by atoms with van der Waals surface area (Å²) in [6.45, 7) is 3.68. The van der Waals surface area contributed by atoms with Crippen LogP contribution in [0.15, 0.2) is 12.1 Å². The van der Waals surface area contributed by atoms with Crippen molar-refractivity contribution in [2.45, 2.75) is 19.3 Å². The lowest BCUT2D eigenvalue weighted by Crippen LogP contribution is -2.09. The maximum absolute atomic E-state index is 13.8. The predicted octanol–water partition coefficient (Wildman–Crippen LogP) is 2.22. The van der Waals surface area contributed by atoms with E-state index < -0.39 is 0 Å². The summed E-state index contributed by atoms with van der Waals surface area (Å²) in [6, 6.07) is 3.81. The quantitative estimate of drug-likeness (QED) is 0.806. The van der Waals surface area contributed by atoms with Crippen molar-refractivity contribution in [3.8, 4) is 5.75 Å². The molecule has 1 aromatic rings. The fourth-order valence-electron chi connectivity index (χ4n) is 2.12. The van der Waals surface area contributed by atoms with Gasteiger partial charge in [0, 0.05) is 18.0 Å². The summed E-state index contributed by atoms with van der Waals surface area (Å²) in [4.78, 5) is 0. The van der Waals surface area contributed by atoms with Gasteiger partial charge in [0.05, 0.1) is 7.11 Å². The van der Waals surface area contributed by atoms with E-state index in [9.17, 15) is 4.39 Å². The topological polar surface area (TPSA) is 21.3 Å². The Bertz CT molecular complexity index is 359. The first kappa shape index (κ1) is 10.4. The van der Waals surface area contributed by atoms with Gasteiger partial charge in [0.2, 0.25) is 0 Å². The summed E-state index contributed by atoms with van der Waals surface area (Å²) in [6.07, 6.45) is 1.05. The Morgan fingerprint density at radius 2 is 2.27 bits per heavy atom. The normalized spacial score (nSPS) is 20.6. The smallest absolute Gasteiger partial charge is 0.168 e. The first-order valence-corrected chi connectivity index (χ1v) is 5.27. The molecule has 1 atom stereocenters. The number of methoxy groups -OCH3 is 1. The summed E-state index contributed by atoms with van der Waals surface area (Å²) in [7, 11) is 1.53. The van der Waals surface area contributed by atoms with E-state index in [1.54, 1.807) is 6.92 Å². The molecule has 1 saturated heterocycles. The highest BCUT2D eigenvalue weighted by Gasteiger charge is 2.22. The van der Waals surface area contributed by atoms with Crippen molar-refractivity contribution in [3.05, 3.63) is 29.1 Å². The Morgan fingerprint density at radius 3 is 2.87 bits per heavy atom. The van der Waals surface area contributed by atoms with E-state index in [0.29, 0.717) is 17.2 Å². The Kier molecular flexibility index (Phi) is 2.91. The molecule has 0 amide bonds. The Balaban J connectivity index is 2.41. The van der Waals surface area contributed by atoms with Gasteiger partial charge in [0.25, 0.3) is 0 Å². The maximum atomic E-state index is 13.8. The molecule has 0 aliphatic carbocycles. The molecular weight excluding hydrogens is 193 g/mol. The molecule has 0 bridgehead atoms. The molecule has 0 radical (unpaired) electrons. The fourth-order valence-corrected chi connectivity index (χ4v) is 2.12. The first-order valence-electron chi connectivity index (χ1n) is 5.27. The second-order valence-electron chi connectivity index (χ2n) is 4.01. The van der Waals surface area contributed by atoms with Crippen molar-refractivity contribution in [1.82, 2.24) is 5.32 Å². The minimum Gasteiger partial charge on any atom is -0.493 e. The lowest BCUT2D eigenvalue weighted by atomic mass is 9.96. The average molecular weight is 209 g/mol. The van der Waals surface area contributed by atoms with Gasteiger partial charge in [0.15, 0.2) is 11.6 Å². The maximum Gasteiger partial charge on any atom is 0.168 e. The van der Waals surface area contributed by atoms with Crippen LogP contribution in [0.5, 0.6) is 5.75 Å². The molecular formula is C12H16FNO. The molecule has 1 aliphatic rings. The van der Waals surface area contributed by atoms with E-state index in [-0.39, 0.29) is 5.82 Å². The van der Waals surface area contributed by atoms with Crippen molar-refractivity contribution in [2.24, 2.45) is 0 Å². The van der Waals surface area contributed by atoms with Gasteiger partial charge in [-0.3, -0.25) is 0 Å². The molecule has 1 unspecified atom stereocenters. The number of halogens is 1. The zero-order valence-corrected chi connectivity index (χ0v) is 9.14. The minimum atomic E-state index is -0.220. The number of hydrogen-bond acceptors (Lipinski definition) is 2. The van der Waals surface area contributed by atoms with Crippen LogP contribution in [0.3, 0.4) is 0 Å². The van der Waals surface area contributed by atoms with Gasteiger partial charge in [0.1, 0.15) is 0 Å². The second kappa shape index (κ2) is 4.19. The molecule has 2 rings (SSSR count). The molecule has 1 aliphatic heterocycles. The van der Waals surface area contributed by atoms with Gasteiger partial charge in [-0.2, -0.15) is 0 Å². The molecule has 0 spiro atoms. The van der Waals surface area contributed by atoms with Crippen LogP contribution in [0, 0.1) is 12.7 Å². The van der Waals surface area contributed by atoms with Crippen LogP contribution in [0.2, 0.25) is 0 Å². The van der Waals surface area contributed by atoms with Crippen LogP contribution in [0.4, 0.5) is 4.39 Å². The van der Waals surface area contributed by atoms with Gasteiger partial charge in [-0.25, -0.2) is 4.39 Å². The van der Waals surface area contributed by atoms with E-state index in [1.165, 1.54) is 7.11 Å². The van der Waals surface area contributed by atoms with Gasteiger partial charge >= 0.3 is 0 Å². The highest BCUT2D eigenvalue weighted by atomic mass is 19.1. The Morgan fingerprint density at radius 1 is 1.47 bits per heavy atom. The van der Waals surface area contributed by atoms with Gasteiger partial charge in [-0.15, -0.1) is 0 Å². The number of rotatable bonds is 2. The first-order chi connectivity index (χ1) is 7.24. The summed E-state index contributed by atoms with van der Waals surface area (Å²) >= 11 is 0. The highest BCUT2D eigenvalue weighted by molar-refractivity contribution is 5.41. The zero-order chi connectivity index (χ0) is 10.8. The van der Waals surface area contributed by atoms with Crippen LogP contribution in [-0.4, -0.2) is 20.2 Å². The third-order valence-corrected chi connectivity index (χ3v) is 3.02. The predicted molar refractivity (Wildman–Crippen MR) is 57.9 cm³/mol. The van der Waals surface area contributed by atoms with Crippen LogP contribution >= 0.6 is 0 Å². The molecule has 15 heavy (non-hydrogen) atoms. The van der Waals surface area contributed by atoms with E-state index in [1.807, 2.05) is 12.1 Å². The number of ether oxygens (including phenoxy) is 1. The molecule has 2 nitrogen and oxygen atoms in total. The highest BCUT2D eigenvalue weighted by Crippen LogP contribution is 2.33. The van der Waals surface area contributed by atoms with E-state index >= 15 is 0 Å². The number of aryl methyl sites for hydroxylation is 1. The molecule has 1 aromatic carbocycles. The third-order valence-electron chi connectivity index (χ3n) is 3.02. The molecule has 1 fully saturated rings. The molecule has 0 saturated carbocycles. The summed E-state index contributed by atoms with van der Waals surface area (Å²) < 4.78 is 18.9. The van der Waals surface area contributed by atoms with E-state index in [2.05, 4.69) is 5.32 Å². The summed E-state index contributed by atoms with van der Waals surface area (Å²) in [5.41, 5.74) is 1.63. The van der Waals surface area contributed by atoms with Crippen LogP contribution < -0.4 is 10.1 Å². The SMILES string of the molecule is COc1c(C2CCNC2)ccc(C)c1F. The Labute approximate surface area is 89.4 Å². The van der Waals surface area contributed by atoms with Gasteiger partial charge in [-0.05, 0) is 25.5 Å². The van der Waals surface area contributed by atoms with Gasteiger partial charge in [-0.1, -0.05) is 12.1 Å². The number of nitrogens with one attached hydrogen (secondary N) is 1. The number of benzene rings is 1. The Hall–Kier alpha value is -1.09. The zero-order valence-electron chi connectivity index (χ0n) is 9.14. The molecule has 1 N–H and O–H groups in total. The standard InChI is InChI=1S/C12H16FNO/c1-8-3-4-10(9-5-6-14-7-9)12(15-2)11(8)13/h3-4,9,14H,5-7H2,1-2H3. The van der Waals surface area contributed by atoms with Crippen molar-refractivity contribution in [2.75, 3.05) is 20.2 Å². The minimum absolute atomic E-state index is 0.220. The van der Waals surface area contributed by atoms with Crippen molar-refractivity contribution >= 4 is 0 Å². The largest absolute Gasteiger partial charge is 0.493 e. The van der Waals surface area contributed by atoms with Crippen LogP contribution in [-0.2, 0) is 0 Å². The van der Waals surface area contributed by atoms with Gasteiger partial charge < -0.3 is 10.1 Å². The summed E-state index contributed by atoms with van der Waals surface area (Å²) in [5.74, 6) is 0.584.